The molecule has 0 N–H and O–H groups in total. The molecule has 0 aromatic rings. The highest BCUT2D eigenvalue weighted by atomic mass is 16.5. The fourth-order valence-electron chi connectivity index (χ4n) is 2.60. The van der Waals surface area contributed by atoms with Gasteiger partial charge < -0.3 is 4.74 Å². The number of allylic oxidation sites excluding steroid dienone is 7. The molecule has 3 nitrogen and oxygen atoms in total. The van der Waals surface area contributed by atoms with Crippen LogP contribution in [0.1, 0.15) is 39.0 Å². The molecule has 0 aromatic carbocycles. The van der Waals surface area contributed by atoms with Gasteiger partial charge in [-0.2, -0.15) is 0 Å². The molecule has 0 aliphatic heterocycles. The van der Waals surface area contributed by atoms with Crippen LogP contribution in [0, 0.1) is 0 Å². The summed E-state index contributed by atoms with van der Waals surface area (Å²) in [5.41, 5.74) is 4.17. The van der Waals surface area contributed by atoms with E-state index in [0.717, 1.165) is 43.3 Å². The summed E-state index contributed by atoms with van der Waals surface area (Å²) >= 11 is 0. The largest absolute Gasteiger partial charge is 0.466 e. The number of hydrogen-bond donors (Lipinski definition) is 0. The monoisotopic (exact) mass is 272 g/mol. The minimum absolute atomic E-state index is 0.156. The van der Waals surface area contributed by atoms with Gasteiger partial charge in [0.1, 0.15) is 0 Å². The van der Waals surface area contributed by atoms with E-state index in [1.165, 1.54) is 18.3 Å². The van der Waals surface area contributed by atoms with Crippen LogP contribution < -0.4 is 0 Å². The molecule has 106 valence electrons. The lowest BCUT2D eigenvalue weighted by Gasteiger charge is -2.15. The average molecular weight is 272 g/mol. The SMILES string of the molecule is COC(=O)C1=CC=C(C2=CC=C(C(C)=O)CC2)CCC1. The molecule has 2 aliphatic carbocycles. The van der Waals surface area contributed by atoms with Crippen LogP contribution in [-0.2, 0) is 14.3 Å². The minimum Gasteiger partial charge on any atom is -0.466 e. The Morgan fingerprint density at radius 3 is 2.10 bits per heavy atom. The van der Waals surface area contributed by atoms with Crippen LogP contribution in [0.15, 0.2) is 46.6 Å². The van der Waals surface area contributed by atoms with Crippen molar-refractivity contribution in [2.45, 2.75) is 39.0 Å². The number of ether oxygens (including phenoxy) is 1. The molecule has 0 saturated carbocycles. The third kappa shape index (κ3) is 3.35. The molecule has 0 spiro atoms. The van der Waals surface area contributed by atoms with E-state index in [2.05, 4.69) is 0 Å². The molecule has 0 heterocycles. The normalized spacial score (nSPS) is 19.1. The Bertz CT molecular complexity index is 545. The highest BCUT2D eigenvalue weighted by molar-refractivity contribution is 5.94. The first kappa shape index (κ1) is 14.5. The number of rotatable bonds is 3. The van der Waals surface area contributed by atoms with Crippen LogP contribution >= 0.6 is 0 Å². The second kappa shape index (κ2) is 6.51. The van der Waals surface area contributed by atoms with Gasteiger partial charge in [0.15, 0.2) is 5.78 Å². The zero-order valence-electron chi connectivity index (χ0n) is 12.1. The summed E-state index contributed by atoms with van der Waals surface area (Å²) in [5, 5.41) is 0. The summed E-state index contributed by atoms with van der Waals surface area (Å²) in [5.74, 6) is -0.0816. The topological polar surface area (TPSA) is 43.4 Å². The molecule has 0 saturated heterocycles. The smallest absolute Gasteiger partial charge is 0.333 e. The lowest BCUT2D eigenvalue weighted by Crippen LogP contribution is -2.03. The van der Waals surface area contributed by atoms with Crippen LogP contribution in [0.3, 0.4) is 0 Å². The van der Waals surface area contributed by atoms with Crippen LogP contribution in [0.25, 0.3) is 0 Å². The third-order valence-corrected chi connectivity index (χ3v) is 3.84. The maximum Gasteiger partial charge on any atom is 0.333 e. The lowest BCUT2D eigenvalue weighted by molar-refractivity contribution is -0.136. The molecule has 2 rings (SSSR count). The van der Waals surface area contributed by atoms with Gasteiger partial charge >= 0.3 is 5.97 Å². The number of esters is 1. The van der Waals surface area contributed by atoms with E-state index < -0.39 is 0 Å². The predicted octanol–water partition coefficient (Wildman–Crippen LogP) is 3.43. The second-order valence-electron chi connectivity index (χ2n) is 5.17. The fraction of sp³-hybridized carbons (Fsp3) is 0.412. The summed E-state index contributed by atoms with van der Waals surface area (Å²) < 4.78 is 4.77. The van der Waals surface area contributed by atoms with Crippen molar-refractivity contribution >= 4 is 11.8 Å². The molecular weight excluding hydrogens is 252 g/mol. The molecule has 0 atom stereocenters. The van der Waals surface area contributed by atoms with Crippen molar-refractivity contribution in [1.82, 2.24) is 0 Å². The molecule has 0 fully saturated rings. The second-order valence-corrected chi connectivity index (χ2v) is 5.17. The van der Waals surface area contributed by atoms with Crippen LogP contribution in [0.2, 0.25) is 0 Å². The van der Waals surface area contributed by atoms with Gasteiger partial charge in [-0.3, -0.25) is 4.79 Å². The van der Waals surface area contributed by atoms with Crippen molar-refractivity contribution in [1.29, 1.82) is 0 Å². The molecule has 0 bridgehead atoms. The van der Waals surface area contributed by atoms with Gasteiger partial charge in [0, 0.05) is 5.57 Å². The zero-order chi connectivity index (χ0) is 14.5. The van der Waals surface area contributed by atoms with Crippen LogP contribution in [0.5, 0.6) is 0 Å². The quantitative estimate of drug-likeness (QED) is 0.739. The molecular formula is C17H20O3. The Kier molecular flexibility index (Phi) is 4.72. The van der Waals surface area contributed by atoms with Crippen molar-refractivity contribution in [2.75, 3.05) is 7.11 Å². The summed E-state index contributed by atoms with van der Waals surface area (Å²) in [7, 11) is 1.41. The molecule has 0 aromatic heterocycles. The Morgan fingerprint density at radius 1 is 0.900 bits per heavy atom. The number of ketones is 1. The summed E-state index contributed by atoms with van der Waals surface area (Å²) in [6.45, 7) is 1.61. The molecule has 20 heavy (non-hydrogen) atoms. The average Bonchev–Trinajstić information content (AvgIpc) is 2.72. The third-order valence-electron chi connectivity index (χ3n) is 3.84. The van der Waals surface area contributed by atoms with Gasteiger partial charge in [-0.05, 0) is 55.7 Å². The van der Waals surface area contributed by atoms with Gasteiger partial charge in [0.25, 0.3) is 0 Å². The van der Waals surface area contributed by atoms with Gasteiger partial charge in [0.05, 0.1) is 7.11 Å². The number of carbonyl (C=O) groups is 2. The van der Waals surface area contributed by atoms with Gasteiger partial charge in [-0.25, -0.2) is 4.79 Å². The Labute approximate surface area is 119 Å². The summed E-state index contributed by atoms with van der Waals surface area (Å²) in [6.07, 6.45) is 12.3. The van der Waals surface area contributed by atoms with E-state index >= 15 is 0 Å². The van der Waals surface area contributed by atoms with Crippen molar-refractivity contribution in [3.63, 3.8) is 0 Å². The number of carbonyl (C=O) groups excluding carboxylic acids is 2. The number of methoxy groups -OCH3 is 1. The molecule has 0 amide bonds. The van der Waals surface area contributed by atoms with Crippen LogP contribution in [0.4, 0.5) is 0 Å². The fourth-order valence-corrected chi connectivity index (χ4v) is 2.60. The van der Waals surface area contributed by atoms with E-state index in [0.29, 0.717) is 0 Å². The van der Waals surface area contributed by atoms with E-state index in [9.17, 15) is 9.59 Å². The molecule has 0 unspecified atom stereocenters. The van der Waals surface area contributed by atoms with E-state index in [-0.39, 0.29) is 11.8 Å². The number of Topliss-reactive ketones (excluding diaryl/α,β-unsaturated/α-hetero) is 1. The van der Waals surface area contributed by atoms with E-state index in [1.807, 2.05) is 24.3 Å². The predicted molar refractivity (Wildman–Crippen MR) is 78.1 cm³/mol. The minimum atomic E-state index is -0.237. The highest BCUT2D eigenvalue weighted by Crippen LogP contribution is 2.30. The Hall–Kier alpha value is -1.90. The number of hydrogen-bond acceptors (Lipinski definition) is 3. The maximum atomic E-state index is 11.5. The van der Waals surface area contributed by atoms with Crippen molar-refractivity contribution < 1.29 is 14.3 Å². The molecule has 2 aliphatic rings. The van der Waals surface area contributed by atoms with E-state index in [4.69, 9.17) is 4.74 Å². The molecule has 3 heteroatoms. The van der Waals surface area contributed by atoms with Crippen molar-refractivity contribution in [3.8, 4) is 0 Å². The van der Waals surface area contributed by atoms with Gasteiger partial charge in [-0.15, -0.1) is 0 Å². The lowest BCUT2D eigenvalue weighted by atomic mass is 9.90. The van der Waals surface area contributed by atoms with Crippen molar-refractivity contribution in [3.05, 3.63) is 46.6 Å². The zero-order valence-corrected chi connectivity index (χ0v) is 12.1. The Balaban J connectivity index is 2.17. The first-order valence-electron chi connectivity index (χ1n) is 7.01. The van der Waals surface area contributed by atoms with Crippen molar-refractivity contribution in [2.24, 2.45) is 0 Å². The highest BCUT2D eigenvalue weighted by Gasteiger charge is 2.16. The standard InChI is InChI=1S/C17H20O3/c1-12(18)13-6-8-15(9-7-13)14-4-3-5-16(11-10-14)17(19)20-2/h6,8,10-11H,3-5,7,9H2,1-2H3. The van der Waals surface area contributed by atoms with E-state index in [1.54, 1.807) is 6.92 Å². The van der Waals surface area contributed by atoms with Gasteiger partial charge in [0.2, 0.25) is 0 Å². The molecule has 0 radical (unpaired) electrons. The summed E-state index contributed by atoms with van der Waals surface area (Å²) in [4.78, 5) is 22.9. The Morgan fingerprint density at radius 2 is 1.55 bits per heavy atom. The maximum absolute atomic E-state index is 11.5. The van der Waals surface area contributed by atoms with Crippen LogP contribution in [-0.4, -0.2) is 18.9 Å². The summed E-state index contributed by atoms with van der Waals surface area (Å²) in [6, 6.07) is 0. The first-order valence-corrected chi connectivity index (χ1v) is 7.01. The first-order chi connectivity index (χ1) is 9.61. The van der Waals surface area contributed by atoms with Gasteiger partial charge in [-0.1, -0.05) is 24.3 Å².